The minimum Gasteiger partial charge on any atom is -0.355 e. The number of likely N-dealkylation sites (N-methyl/N-ethyl adjacent to an activating group) is 1. The number of sulfonamides is 1. The average Bonchev–Trinajstić information content (AvgIpc) is 2.70. The summed E-state index contributed by atoms with van der Waals surface area (Å²) in [5.41, 5.74) is 1.81. The van der Waals surface area contributed by atoms with Crippen LogP contribution in [0.1, 0.15) is 25.0 Å². The molecule has 10 heteroatoms. The lowest BCUT2D eigenvalue weighted by Gasteiger charge is -2.31. The first-order chi connectivity index (χ1) is 14.9. The zero-order valence-electron chi connectivity index (χ0n) is 18.4. The first-order valence-corrected chi connectivity index (χ1v) is 12.6. The summed E-state index contributed by atoms with van der Waals surface area (Å²) in [4.78, 5) is 27.2. The van der Waals surface area contributed by atoms with Crippen LogP contribution in [0.4, 0.5) is 5.69 Å². The van der Waals surface area contributed by atoms with Crippen LogP contribution in [0.15, 0.2) is 42.5 Å². The standard InChI is InChI=1S/C22H27Cl2N3O4S/c1-5-25-22(29)16(3)26(13-17-9-10-18(23)12-20(17)24)21(28)14-27(32(4,30)31)19-8-6-7-15(2)11-19/h6-12,16H,5,13-14H2,1-4H3,(H,25,29)/t16-/m1/s1. The number of carbonyl (C=O) groups is 2. The lowest BCUT2D eigenvalue weighted by atomic mass is 10.1. The van der Waals surface area contributed by atoms with Crippen LogP contribution in [-0.2, 0) is 26.2 Å². The highest BCUT2D eigenvalue weighted by Gasteiger charge is 2.30. The SMILES string of the molecule is CCNC(=O)[C@@H](C)N(Cc1ccc(Cl)cc1Cl)C(=O)CN(c1cccc(C)c1)S(C)(=O)=O. The van der Waals surface area contributed by atoms with E-state index in [1.54, 1.807) is 50.2 Å². The van der Waals surface area contributed by atoms with Crippen LogP contribution in [0.25, 0.3) is 0 Å². The molecule has 0 saturated heterocycles. The van der Waals surface area contributed by atoms with Crippen LogP contribution in [0.3, 0.4) is 0 Å². The van der Waals surface area contributed by atoms with Gasteiger partial charge in [-0.25, -0.2) is 8.42 Å². The molecule has 174 valence electrons. The number of nitrogens with zero attached hydrogens (tertiary/aromatic N) is 2. The topological polar surface area (TPSA) is 86.8 Å². The lowest BCUT2D eigenvalue weighted by molar-refractivity contribution is -0.139. The van der Waals surface area contributed by atoms with Crippen LogP contribution < -0.4 is 9.62 Å². The zero-order valence-corrected chi connectivity index (χ0v) is 20.8. The van der Waals surface area contributed by atoms with Crippen molar-refractivity contribution in [2.45, 2.75) is 33.4 Å². The Morgan fingerprint density at radius 3 is 2.38 bits per heavy atom. The quantitative estimate of drug-likeness (QED) is 0.570. The van der Waals surface area contributed by atoms with E-state index in [1.807, 2.05) is 13.0 Å². The van der Waals surface area contributed by atoms with E-state index in [-0.39, 0.29) is 12.5 Å². The van der Waals surface area contributed by atoms with Crippen molar-refractivity contribution >= 4 is 50.7 Å². The van der Waals surface area contributed by atoms with Gasteiger partial charge in [0.15, 0.2) is 0 Å². The van der Waals surface area contributed by atoms with Crippen molar-refractivity contribution in [2.75, 3.05) is 23.7 Å². The van der Waals surface area contributed by atoms with Crippen LogP contribution in [0.2, 0.25) is 10.0 Å². The largest absolute Gasteiger partial charge is 0.355 e. The fourth-order valence-corrected chi connectivity index (χ4v) is 4.44. The first kappa shape index (κ1) is 26.0. The number of carbonyl (C=O) groups excluding carboxylic acids is 2. The Morgan fingerprint density at radius 2 is 1.81 bits per heavy atom. The molecule has 0 heterocycles. The molecule has 0 saturated carbocycles. The molecule has 1 N–H and O–H groups in total. The molecular weight excluding hydrogens is 473 g/mol. The number of hydrogen-bond donors (Lipinski definition) is 1. The van der Waals surface area contributed by atoms with Crippen LogP contribution >= 0.6 is 23.2 Å². The predicted molar refractivity (Wildman–Crippen MR) is 129 cm³/mol. The third-order valence-corrected chi connectivity index (χ3v) is 6.57. The van der Waals surface area contributed by atoms with E-state index in [0.717, 1.165) is 16.1 Å². The Morgan fingerprint density at radius 1 is 1.12 bits per heavy atom. The number of nitrogens with one attached hydrogen (secondary N) is 1. The van der Waals surface area contributed by atoms with Crippen molar-refractivity contribution in [3.05, 3.63) is 63.6 Å². The molecular formula is C22H27Cl2N3O4S. The monoisotopic (exact) mass is 499 g/mol. The Labute approximate surface area is 199 Å². The maximum atomic E-state index is 13.4. The molecule has 0 aliphatic rings. The summed E-state index contributed by atoms with van der Waals surface area (Å²) in [6.45, 7) is 5.14. The third-order valence-electron chi connectivity index (χ3n) is 4.84. The molecule has 2 rings (SSSR count). The van der Waals surface area contributed by atoms with E-state index >= 15 is 0 Å². The molecule has 7 nitrogen and oxygen atoms in total. The number of benzene rings is 2. The Hall–Kier alpha value is -2.29. The minimum atomic E-state index is -3.76. The highest BCUT2D eigenvalue weighted by molar-refractivity contribution is 7.92. The van der Waals surface area contributed by atoms with Crippen molar-refractivity contribution < 1.29 is 18.0 Å². The van der Waals surface area contributed by atoms with Crippen molar-refractivity contribution in [3.63, 3.8) is 0 Å². The van der Waals surface area contributed by atoms with Gasteiger partial charge in [0, 0.05) is 23.1 Å². The van der Waals surface area contributed by atoms with Gasteiger partial charge in [0.2, 0.25) is 21.8 Å². The van der Waals surface area contributed by atoms with E-state index in [4.69, 9.17) is 23.2 Å². The Kier molecular flexibility index (Phi) is 8.95. The number of rotatable bonds is 9. The maximum Gasteiger partial charge on any atom is 0.244 e. The molecule has 0 spiro atoms. The van der Waals surface area contributed by atoms with Gasteiger partial charge in [-0.3, -0.25) is 13.9 Å². The number of halogens is 2. The van der Waals surface area contributed by atoms with Crippen LogP contribution in [0, 0.1) is 6.92 Å². The van der Waals surface area contributed by atoms with Crippen molar-refractivity contribution in [3.8, 4) is 0 Å². The van der Waals surface area contributed by atoms with E-state index in [2.05, 4.69) is 5.32 Å². The van der Waals surface area contributed by atoms with E-state index < -0.39 is 28.5 Å². The van der Waals surface area contributed by atoms with Gasteiger partial charge in [-0.2, -0.15) is 0 Å². The summed E-state index contributed by atoms with van der Waals surface area (Å²) in [6.07, 6.45) is 1.04. The van der Waals surface area contributed by atoms with Gasteiger partial charge in [0.25, 0.3) is 0 Å². The highest BCUT2D eigenvalue weighted by Crippen LogP contribution is 2.24. The van der Waals surface area contributed by atoms with Crippen molar-refractivity contribution in [2.24, 2.45) is 0 Å². The molecule has 0 unspecified atom stereocenters. The number of anilines is 1. The fraction of sp³-hybridized carbons (Fsp3) is 0.364. The van der Waals surface area contributed by atoms with E-state index in [0.29, 0.717) is 27.8 Å². The lowest BCUT2D eigenvalue weighted by Crippen LogP contribution is -2.51. The highest BCUT2D eigenvalue weighted by atomic mass is 35.5. The van der Waals surface area contributed by atoms with Gasteiger partial charge in [0.1, 0.15) is 12.6 Å². The summed E-state index contributed by atoms with van der Waals surface area (Å²) >= 11 is 12.3. The molecule has 2 amide bonds. The summed E-state index contributed by atoms with van der Waals surface area (Å²) < 4.78 is 26.0. The molecule has 2 aromatic carbocycles. The molecule has 0 bridgehead atoms. The molecule has 0 aromatic heterocycles. The molecule has 0 aliphatic heterocycles. The summed E-state index contributed by atoms with van der Waals surface area (Å²) in [7, 11) is -3.76. The molecule has 0 fully saturated rings. The van der Waals surface area contributed by atoms with Crippen molar-refractivity contribution in [1.82, 2.24) is 10.2 Å². The van der Waals surface area contributed by atoms with Gasteiger partial charge >= 0.3 is 0 Å². The molecule has 1 atom stereocenters. The average molecular weight is 500 g/mol. The second-order valence-corrected chi connectivity index (χ2v) is 10.2. The van der Waals surface area contributed by atoms with Gasteiger partial charge in [0.05, 0.1) is 11.9 Å². The van der Waals surface area contributed by atoms with Gasteiger partial charge in [-0.05, 0) is 56.2 Å². The summed E-state index contributed by atoms with van der Waals surface area (Å²) in [6, 6.07) is 10.9. The van der Waals surface area contributed by atoms with Gasteiger partial charge < -0.3 is 10.2 Å². The smallest absolute Gasteiger partial charge is 0.244 e. The van der Waals surface area contributed by atoms with E-state index in [9.17, 15) is 18.0 Å². The van der Waals surface area contributed by atoms with E-state index in [1.165, 1.54) is 4.90 Å². The summed E-state index contributed by atoms with van der Waals surface area (Å²) in [5.74, 6) is -0.894. The first-order valence-electron chi connectivity index (χ1n) is 9.99. The Bertz CT molecular complexity index is 1090. The molecule has 0 aliphatic carbocycles. The third kappa shape index (κ3) is 6.85. The number of hydrogen-bond acceptors (Lipinski definition) is 4. The zero-order chi connectivity index (χ0) is 24.1. The maximum absolute atomic E-state index is 13.4. The van der Waals surface area contributed by atoms with Crippen LogP contribution in [-0.4, -0.2) is 50.5 Å². The fourth-order valence-electron chi connectivity index (χ4n) is 3.13. The Balaban J connectivity index is 2.41. The second-order valence-electron chi connectivity index (χ2n) is 7.44. The second kappa shape index (κ2) is 11.0. The molecule has 2 aromatic rings. The predicted octanol–water partition coefficient (Wildman–Crippen LogP) is 3.62. The normalized spacial score (nSPS) is 12.2. The van der Waals surface area contributed by atoms with Crippen LogP contribution in [0.5, 0.6) is 0 Å². The number of amides is 2. The van der Waals surface area contributed by atoms with Gasteiger partial charge in [-0.15, -0.1) is 0 Å². The molecule has 32 heavy (non-hydrogen) atoms. The van der Waals surface area contributed by atoms with Crippen molar-refractivity contribution in [1.29, 1.82) is 0 Å². The minimum absolute atomic E-state index is 0.0125. The molecule has 0 radical (unpaired) electrons. The van der Waals surface area contributed by atoms with Gasteiger partial charge in [-0.1, -0.05) is 41.4 Å². The summed E-state index contributed by atoms with van der Waals surface area (Å²) in [5, 5.41) is 3.48. The number of aryl methyl sites for hydroxylation is 1.